The van der Waals surface area contributed by atoms with Crippen molar-refractivity contribution in [3.8, 4) is 0 Å². The molecule has 0 rings (SSSR count). The number of hydrogen-bond donors (Lipinski definition) is 0. The molecule has 0 aromatic heterocycles. The number of allylic oxidation sites excluding steroid dienone is 1. The zero-order valence-electron chi connectivity index (χ0n) is 10.7. The van der Waals surface area contributed by atoms with Crippen LogP contribution in [-0.2, 0) is 0 Å². The largest absolute Gasteiger partial charge is 0.247 e. The number of rotatable bonds is 9. The maximum Gasteiger partial charge on any atom is 0.100 e. The zero-order valence-corrected chi connectivity index (χ0v) is 10.7. The Bertz CT molecular complexity index is 165. The average Bonchev–Trinajstić information content (AvgIpc) is 2.18. The lowest BCUT2D eigenvalue weighted by atomic mass is 9.76. The van der Waals surface area contributed by atoms with E-state index in [-0.39, 0.29) is 5.41 Å². The van der Waals surface area contributed by atoms with Crippen molar-refractivity contribution in [3.05, 3.63) is 12.7 Å². The molecule has 0 amide bonds. The third-order valence-electron chi connectivity index (χ3n) is 3.20. The van der Waals surface area contributed by atoms with E-state index in [0.29, 0.717) is 6.42 Å². The van der Waals surface area contributed by atoms with Gasteiger partial charge in [-0.05, 0) is 43.9 Å². The molecule has 0 aliphatic rings. The molecular formula is C14H27F. The standard InChI is InChI=1S/C14H27F/c1-5-8-9-11-14(4,10-6-2)12-13(15)7-3/h5,13H,1,6-12H2,2-4H3/t13-,14+/m0/s1. The third kappa shape index (κ3) is 6.70. The molecule has 0 bridgehead atoms. The molecule has 0 aliphatic carbocycles. The van der Waals surface area contributed by atoms with Gasteiger partial charge < -0.3 is 0 Å². The maximum atomic E-state index is 13.4. The first kappa shape index (κ1) is 14.7. The molecule has 90 valence electrons. The third-order valence-corrected chi connectivity index (χ3v) is 3.20. The Balaban J connectivity index is 4.10. The summed E-state index contributed by atoms with van der Waals surface area (Å²) in [7, 11) is 0. The van der Waals surface area contributed by atoms with E-state index in [2.05, 4.69) is 20.4 Å². The van der Waals surface area contributed by atoms with Crippen LogP contribution in [0.2, 0.25) is 0 Å². The van der Waals surface area contributed by atoms with E-state index in [9.17, 15) is 4.39 Å². The van der Waals surface area contributed by atoms with Crippen LogP contribution in [0.25, 0.3) is 0 Å². The van der Waals surface area contributed by atoms with Crippen LogP contribution in [0.5, 0.6) is 0 Å². The van der Waals surface area contributed by atoms with Crippen LogP contribution in [0.4, 0.5) is 4.39 Å². The van der Waals surface area contributed by atoms with Gasteiger partial charge in [-0.1, -0.05) is 33.3 Å². The SMILES string of the molecule is C=CCCC[C@@](C)(CCC)C[C@@H](F)CC. The Morgan fingerprint density at radius 2 is 2.00 bits per heavy atom. The predicted molar refractivity (Wildman–Crippen MR) is 66.9 cm³/mol. The smallest absolute Gasteiger partial charge is 0.100 e. The second kappa shape index (κ2) is 7.90. The fourth-order valence-corrected chi connectivity index (χ4v) is 2.28. The fourth-order valence-electron chi connectivity index (χ4n) is 2.28. The summed E-state index contributed by atoms with van der Waals surface area (Å²) in [6.45, 7) is 10.1. The van der Waals surface area contributed by atoms with Gasteiger partial charge in [-0.2, -0.15) is 0 Å². The molecule has 0 heterocycles. The van der Waals surface area contributed by atoms with Crippen molar-refractivity contribution in [1.82, 2.24) is 0 Å². The van der Waals surface area contributed by atoms with Crippen LogP contribution >= 0.6 is 0 Å². The fraction of sp³-hybridized carbons (Fsp3) is 0.857. The van der Waals surface area contributed by atoms with Crippen LogP contribution in [0.1, 0.15) is 65.7 Å². The second-order valence-corrected chi connectivity index (χ2v) is 4.95. The van der Waals surface area contributed by atoms with Crippen molar-refractivity contribution in [3.63, 3.8) is 0 Å². The van der Waals surface area contributed by atoms with Gasteiger partial charge >= 0.3 is 0 Å². The summed E-state index contributed by atoms with van der Waals surface area (Å²) in [5.74, 6) is 0. The first-order valence-electron chi connectivity index (χ1n) is 6.33. The number of hydrogen-bond acceptors (Lipinski definition) is 0. The number of halogens is 1. The van der Waals surface area contributed by atoms with Gasteiger partial charge in [0.25, 0.3) is 0 Å². The molecule has 0 nitrogen and oxygen atoms in total. The van der Waals surface area contributed by atoms with Gasteiger partial charge in [0.2, 0.25) is 0 Å². The van der Waals surface area contributed by atoms with Crippen molar-refractivity contribution in [2.75, 3.05) is 0 Å². The molecule has 1 heteroatoms. The Labute approximate surface area is 95.0 Å². The minimum Gasteiger partial charge on any atom is -0.247 e. The highest BCUT2D eigenvalue weighted by Gasteiger charge is 2.26. The molecule has 0 radical (unpaired) electrons. The summed E-state index contributed by atoms with van der Waals surface area (Å²) in [6.07, 6.45) is 8.36. The van der Waals surface area contributed by atoms with Gasteiger partial charge in [-0.3, -0.25) is 0 Å². The molecular weight excluding hydrogens is 187 g/mol. The summed E-state index contributed by atoms with van der Waals surface area (Å²) in [6, 6.07) is 0. The lowest BCUT2D eigenvalue weighted by molar-refractivity contribution is 0.160. The van der Waals surface area contributed by atoms with E-state index in [1.165, 1.54) is 0 Å². The van der Waals surface area contributed by atoms with E-state index in [4.69, 9.17) is 0 Å². The van der Waals surface area contributed by atoms with Gasteiger partial charge in [-0.15, -0.1) is 6.58 Å². The molecule has 0 N–H and O–H groups in total. The van der Waals surface area contributed by atoms with Crippen molar-refractivity contribution < 1.29 is 4.39 Å². The number of unbranched alkanes of at least 4 members (excludes halogenated alkanes) is 1. The topological polar surface area (TPSA) is 0 Å². The Hall–Kier alpha value is -0.330. The quantitative estimate of drug-likeness (QED) is 0.361. The summed E-state index contributed by atoms with van der Waals surface area (Å²) in [5, 5.41) is 0. The molecule has 0 aromatic carbocycles. The van der Waals surface area contributed by atoms with Crippen molar-refractivity contribution >= 4 is 0 Å². The predicted octanol–water partition coefficient (Wildman–Crippen LogP) is 5.29. The summed E-state index contributed by atoms with van der Waals surface area (Å²) >= 11 is 0. The monoisotopic (exact) mass is 214 g/mol. The van der Waals surface area contributed by atoms with Crippen LogP contribution in [-0.4, -0.2) is 6.17 Å². The Morgan fingerprint density at radius 3 is 2.47 bits per heavy atom. The molecule has 15 heavy (non-hydrogen) atoms. The average molecular weight is 214 g/mol. The molecule has 0 spiro atoms. The highest BCUT2D eigenvalue weighted by Crippen LogP contribution is 2.36. The lowest BCUT2D eigenvalue weighted by Gasteiger charge is -2.30. The van der Waals surface area contributed by atoms with Crippen molar-refractivity contribution in [2.24, 2.45) is 5.41 Å². The number of alkyl halides is 1. The molecule has 0 unspecified atom stereocenters. The van der Waals surface area contributed by atoms with E-state index < -0.39 is 6.17 Å². The first-order valence-corrected chi connectivity index (χ1v) is 6.33. The highest BCUT2D eigenvalue weighted by atomic mass is 19.1. The summed E-state index contributed by atoms with van der Waals surface area (Å²) in [5.41, 5.74) is 0.202. The minimum atomic E-state index is -0.620. The highest BCUT2D eigenvalue weighted by molar-refractivity contribution is 4.79. The summed E-state index contributed by atoms with van der Waals surface area (Å²) < 4.78 is 13.4. The summed E-state index contributed by atoms with van der Waals surface area (Å²) in [4.78, 5) is 0. The van der Waals surface area contributed by atoms with Gasteiger partial charge in [0.1, 0.15) is 6.17 Å². The maximum absolute atomic E-state index is 13.4. The molecule has 2 atom stereocenters. The lowest BCUT2D eigenvalue weighted by Crippen LogP contribution is -2.21. The molecule has 0 saturated carbocycles. The van der Waals surface area contributed by atoms with E-state index in [0.717, 1.165) is 38.5 Å². The molecule has 0 aromatic rings. The normalized spacial score (nSPS) is 17.1. The van der Waals surface area contributed by atoms with E-state index >= 15 is 0 Å². The van der Waals surface area contributed by atoms with E-state index in [1.54, 1.807) is 0 Å². The zero-order chi connectivity index (χ0) is 11.7. The van der Waals surface area contributed by atoms with Gasteiger partial charge in [0, 0.05) is 0 Å². The Morgan fingerprint density at radius 1 is 1.33 bits per heavy atom. The van der Waals surface area contributed by atoms with Gasteiger partial charge in [0.05, 0.1) is 0 Å². The van der Waals surface area contributed by atoms with Crippen molar-refractivity contribution in [2.45, 2.75) is 71.9 Å². The van der Waals surface area contributed by atoms with Crippen molar-refractivity contribution in [1.29, 1.82) is 0 Å². The molecule has 0 fully saturated rings. The van der Waals surface area contributed by atoms with Crippen LogP contribution in [0.15, 0.2) is 12.7 Å². The molecule has 0 saturated heterocycles. The van der Waals surface area contributed by atoms with Crippen LogP contribution in [0, 0.1) is 5.41 Å². The molecule has 0 aliphatic heterocycles. The first-order chi connectivity index (χ1) is 7.08. The van der Waals surface area contributed by atoms with Gasteiger partial charge in [0.15, 0.2) is 0 Å². The van der Waals surface area contributed by atoms with Gasteiger partial charge in [-0.25, -0.2) is 4.39 Å². The Kier molecular flexibility index (Phi) is 7.72. The second-order valence-electron chi connectivity index (χ2n) is 4.95. The van der Waals surface area contributed by atoms with E-state index in [1.807, 2.05) is 13.0 Å². The minimum absolute atomic E-state index is 0.202. The van der Waals surface area contributed by atoms with Crippen LogP contribution in [0.3, 0.4) is 0 Å². The van der Waals surface area contributed by atoms with Crippen LogP contribution < -0.4 is 0 Å².